The number of rotatable bonds is 6. The average Bonchev–Trinajstić information content (AvgIpc) is 3.24. The van der Waals surface area contributed by atoms with Gasteiger partial charge < -0.3 is 10.2 Å². The number of hydrogen-bond donors (Lipinski definition) is 1. The lowest BCUT2D eigenvalue weighted by molar-refractivity contribution is -0.136. The maximum atomic E-state index is 13.1. The van der Waals surface area contributed by atoms with Crippen LogP contribution < -0.4 is 5.32 Å². The van der Waals surface area contributed by atoms with Crippen molar-refractivity contribution in [3.05, 3.63) is 35.9 Å². The minimum absolute atomic E-state index is 0.0363. The van der Waals surface area contributed by atoms with Crippen molar-refractivity contribution in [3.63, 3.8) is 0 Å². The third kappa shape index (κ3) is 4.52. The topological polar surface area (TPSA) is 52.7 Å². The number of benzene rings is 1. The zero-order valence-corrected chi connectivity index (χ0v) is 16.7. The van der Waals surface area contributed by atoms with Gasteiger partial charge in [-0.15, -0.1) is 0 Å². The Kier molecular flexibility index (Phi) is 6.89. The number of nitrogens with zero attached hydrogens (tertiary/aromatic N) is 2. The molecule has 1 heterocycles. The summed E-state index contributed by atoms with van der Waals surface area (Å²) >= 11 is 0. The van der Waals surface area contributed by atoms with Crippen molar-refractivity contribution in [2.45, 2.75) is 51.0 Å². The van der Waals surface area contributed by atoms with Crippen molar-refractivity contribution in [2.24, 2.45) is 5.92 Å². The Labute approximate surface area is 163 Å². The summed E-state index contributed by atoms with van der Waals surface area (Å²) in [6.07, 6.45) is 5.55. The Morgan fingerprint density at radius 3 is 2.26 bits per heavy atom. The molecule has 0 aromatic heterocycles. The molecule has 3 rings (SSSR count). The van der Waals surface area contributed by atoms with E-state index in [0.29, 0.717) is 19.0 Å². The van der Waals surface area contributed by atoms with E-state index < -0.39 is 0 Å². The van der Waals surface area contributed by atoms with Crippen LogP contribution in [-0.4, -0.2) is 60.9 Å². The van der Waals surface area contributed by atoms with E-state index in [2.05, 4.69) is 17.1 Å². The van der Waals surface area contributed by atoms with E-state index in [-0.39, 0.29) is 23.8 Å². The van der Waals surface area contributed by atoms with Gasteiger partial charge in [-0.1, -0.05) is 50.1 Å². The van der Waals surface area contributed by atoms with Crippen molar-refractivity contribution in [3.8, 4) is 0 Å². The standard InChI is InChI=1S/C22H33N3O2/c1-3-19(17-9-5-4-6-10-17)22(27)25-15-13-24(14-16-25)20(21(26)23-2)18-11-7-8-12-18/h4-6,9-10,18-20H,3,7-8,11-16H2,1-2H3,(H,23,26)/t19-,20-/m0/s1. The second-order valence-corrected chi connectivity index (χ2v) is 7.84. The largest absolute Gasteiger partial charge is 0.358 e. The number of carbonyl (C=O) groups excluding carboxylic acids is 2. The van der Waals surface area contributed by atoms with Gasteiger partial charge in [0.15, 0.2) is 0 Å². The first-order valence-electron chi connectivity index (χ1n) is 10.4. The first kappa shape index (κ1) is 19.9. The van der Waals surface area contributed by atoms with Crippen molar-refractivity contribution in [1.29, 1.82) is 0 Å². The molecule has 0 bridgehead atoms. The molecule has 1 aromatic carbocycles. The molecule has 1 N–H and O–H groups in total. The molecule has 2 aliphatic rings. The summed E-state index contributed by atoms with van der Waals surface area (Å²) in [5, 5.41) is 2.86. The Morgan fingerprint density at radius 1 is 1.07 bits per heavy atom. The number of likely N-dealkylation sites (N-methyl/N-ethyl adjacent to an activating group) is 1. The smallest absolute Gasteiger partial charge is 0.237 e. The zero-order chi connectivity index (χ0) is 19.2. The fourth-order valence-corrected chi connectivity index (χ4v) is 4.78. The molecule has 27 heavy (non-hydrogen) atoms. The summed E-state index contributed by atoms with van der Waals surface area (Å²) in [5.74, 6) is 0.750. The van der Waals surface area contributed by atoms with Crippen LogP contribution in [0.15, 0.2) is 30.3 Å². The number of carbonyl (C=O) groups is 2. The van der Waals surface area contributed by atoms with Gasteiger partial charge >= 0.3 is 0 Å². The van der Waals surface area contributed by atoms with E-state index >= 15 is 0 Å². The summed E-state index contributed by atoms with van der Waals surface area (Å²) in [6, 6.07) is 10.0. The lowest BCUT2D eigenvalue weighted by Gasteiger charge is -2.41. The van der Waals surface area contributed by atoms with Crippen LogP contribution in [0.2, 0.25) is 0 Å². The van der Waals surface area contributed by atoms with E-state index in [0.717, 1.165) is 37.9 Å². The third-order valence-corrected chi connectivity index (χ3v) is 6.29. The summed E-state index contributed by atoms with van der Waals surface area (Å²) in [5.41, 5.74) is 1.10. The van der Waals surface area contributed by atoms with Crippen molar-refractivity contribution in [1.82, 2.24) is 15.1 Å². The Hall–Kier alpha value is -1.88. The average molecular weight is 372 g/mol. The quantitative estimate of drug-likeness (QED) is 0.836. The fourth-order valence-electron chi connectivity index (χ4n) is 4.78. The molecule has 2 fully saturated rings. The molecule has 5 heteroatoms. The molecule has 5 nitrogen and oxygen atoms in total. The fraction of sp³-hybridized carbons (Fsp3) is 0.636. The van der Waals surface area contributed by atoms with Crippen LogP contribution in [-0.2, 0) is 9.59 Å². The molecule has 0 unspecified atom stereocenters. The molecule has 2 atom stereocenters. The van der Waals surface area contributed by atoms with E-state index in [1.807, 2.05) is 35.2 Å². The van der Waals surface area contributed by atoms with Gasteiger partial charge in [-0.25, -0.2) is 0 Å². The number of nitrogens with one attached hydrogen (secondary N) is 1. The summed E-state index contributed by atoms with van der Waals surface area (Å²) in [6.45, 7) is 5.06. The Balaban J connectivity index is 1.63. The van der Waals surface area contributed by atoms with E-state index in [4.69, 9.17) is 0 Å². The zero-order valence-electron chi connectivity index (χ0n) is 16.7. The Morgan fingerprint density at radius 2 is 1.70 bits per heavy atom. The molecule has 1 aliphatic heterocycles. The molecule has 148 valence electrons. The molecule has 1 aliphatic carbocycles. The van der Waals surface area contributed by atoms with Gasteiger partial charge in [-0.05, 0) is 30.7 Å². The molecular weight excluding hydrogens is 338 g/mol. The van der Waals surface area contributed by atoms with Crippen LogP contribution in [0.3, 0.4) is 0 Å². The minimum Gasteiger partial charge on any atom is -0.358 e. The van der Waals surface area contributed by atoms with Crippen LogP contribution in [0.4, 0.5) is 0 Å². The predicted octanol–water partition coefficient (Wildman–Crippen LogP) is 2.63. The molecule has 1 saturated carbocycles. The van der Waals surface area contributed by atoms with E-state index in [1.54, 1.807) is 7.05 Å². The summed E-state index contributed by atoms with van der Waals surface area (Å²) in [7, 11) is 1.73. The highest BCUT2D eigenvalue weighted by molar-refractivity contribution is 5.84. The number of piperazine rings is 1. The van der Waals surface area contributed by atoms with E-state index in [9.17, 15) is 9.59 Å². The molecule has 0 spiro atoms. The second kappa shape index (κ2) is 9.36. The van der Waals surface area contributed by atoms with Crippen LogP contribution in [0, 0.1) is 5.92 Å². The molecule has 0 radical (unpaired) electrons. The first-order valence-corrected chi connectivity index (χ1v) is 10.4. The van der Waals surface area contributed by atoms with E-state index in [1.165, 1.54) is 12.8 Å². The van der Waals surface area contributed by atoms with Crippen LogP contribution in [0.25, 0.3) is 0 Å². The van der Waals surface area contributed by atoms with Crippen LogP contribution in [0.1, 0.15) is 50.5 Å². The maximum Gasteiger partial charge on any atom is 0.237 e. The van der Waals surface area contributed by atoms with Gasteiger partial charge in [0.25, 0.3) is 0 Å². The first-order chi connectivity index (χ1) is 13.2. The minimum atomic E-state index is -0.0673. The summed E-state index contributed by atoms with van der Waals surface area (Å²) in [4.78, 5) is 29.9. The number of hydrogen-bond acceptors (Lipinski definition) is 3. The molecule has 1 aromatic rings. The van der Waals surface area contributed by atoms with Crippen LogP contribution in [0.5, 0.6) is 0 Å². The normalized spacial score (nSPS) is 21.0. The van der Waals surface area contributed by atoms with Crippen LogP contribution >= 0.6 is 0 Å². The van der Waals surface area contributed by atoms with Gasteiger partial charge in [0.2, 0.25) is 11.8 Å². The van der Waals surface area contributed by atoms with Gasteiger partial charge in [-0.3, -0.25) is 14.5 Å². The highest BCUT2D eigenvalue weighted by Crippen LogP contribution is 2.31. The molecule has 2 amide bonds. The highest BCUT2D eigenvalue weighted by atomic mass is 16.2. The second-order valence-electron chi connectivity index (χ2n) is 7.84. The number of amides is 2. The van der Waals surface area contributed by atoms with Crippen molar-refractivity contribution < 1.29 is 9.59 Å². The van der Waals surface area contributed by atoms with Crippen molar-refractivity contribution in [2.75, 3.05) is 33.2 Å². The molecule has 1 saturated heterocycles. The van der Waals surface area contributed by atoms with Gasteiger partial charge in [0.1, 0.15) is 0 Å². The van der Waals surface area contributed by atoms with Crippen molar-refractivity contribution >= 4 is 11.8 Å². The van der Waals surface area contributed by atoms with Gasteiger partial charge in [0.05, 0.1) is 12.0 Å². The Bertz CT molecular complexity index is 620. The maximum absolute atomic E-state index is 13.1. The lowest BCUT2D eigenvalue weighted by Crippen LogP contribution is -2.58. The monoisotopic (exact) mass is 371 g/mol. The molecular formula is C22H33N3O2. The third-order valence-electron chi connectivity index (χ3n) is 6.29. The predicted molar refractivity (Wildman–Crippen MR) is 107 cm³/mol. The lowest BCUT2D eigenvalue weighted by atomic mass is 9.93. The highest BCUT2D eigenvalue weighted by Gasteiger charge is 2.37. The van der Waals surface area contributed by atoms with Gasteiger partial charge in [0, 0.05) is 33.2 Å². The summed E-state index contributed by atoms with van der Waals surface area (Å²) < 4.78 is 0. The van der Waals surface area contributed by atoms with Gasteiger partial charge in [-0.2, -0.15) is 0 Å². The SMILES string of the molecule is CC[C@H](C(=O)N1CCN([C@H](C(=O)NC)C2CCCC2)CC1)c1ccccc1.